The number of benzene rings is 1. The van der Waals surface area contributed by atoms with Gasteiger partial charge in [0.2, 0.25) is 0 Å². The minimum absolute atomic E-state index is 0.0233. The number of rotatable bonds is 6. The molecule has 0 aromatic heterocycles. The van der Waals surface area contributed by atoms with Gasteiger partial charge in [-0.05, 0) is 25.1 Å². The fourth-order valence-corrected chi connectivity index (χ4v) is 1.82. The molecule has 0 aliphatic carbocycles. The topological polar surface area (TPSA) is 55.4 Å². The first kappa shape index (κ1) is 14.8. The van der Waals surface area contributed by atoms with E-state index in [2.05, 4.69) is 10.1 Å². The zero-order valence-corrected chi connectivity index (χ0v) is 11.3. The number of Topliss-reactive ketones (excluding diaryl/α,β-unsaturated/α-hetero) is 1. The van der Waals surface area contributed by atoms with Crippen molar-refractivity contribution in [1.82, 2.24) is 0 Å². The number of hydrogen-bond donors (Lipinski definition) is 1. The second-order valence-corrected chi connectivity index (χ2v) is 4.41. The Morgan fingerprint density at radius 2 is 1.83 bits per heavy atom. The molecule has 1 aromatic rings. The van der Waals surface area contributed by atoms with Gasteiger partial charge in [0.05, 0.1) is 13.2 Å². The Kier molecular flexibility index (Phi) is 5.95. The molecule has 0 aliphatic rings. The molecule has 0 atom stereocenters. The molecule has 0 heterocycles. The van der Waals surface area contributed by atoms with Gasteiger partial charge >= 0.3 is 5.97 Å². The quantitative estimate of drug-likeness (QED) is 0.646. The predicted octanol–water partition coefficient (Wildman–Crippen LogP) is 2.93. The highest BCUT2D eigenvalue weighted by atomic mass is 35.5. The van der Waals surface area contributed by atoms with E-state index >= 15 is 0 Å². The van der Waals surface area contributed by atoms with E-state index in [0.29, 0.717) is 15.7 Å². The van der Waals surface area contributed by atoms with Gasteiger partial charge in [-0.3, -0.25) is 9.59 Å². The van der Waals surface area contributed by atoms with Gasteiger partial charge in [-0.25, -0.2) is 0 Å². The van der Waals surface area contributed by atoms with E-state index < -0.39 is 5.97 Å². The molecule has 0 radical (unpaired) electrons. The van der Waals surface area contributed by atoms with E-state index in [1.165, 1.54) is 0 Å². The van der Waals surface area contributed by atoms with Crippen molar-refractivity contribution in [2.75, 3.05) is 18.5 Å². The number of esters is 1. The Hall–Kier alpha value is -1.26. The summed E-state index contributed by atoms with van der Waals surface area (Å²) in [6.07, 6.45) is -0.241. The van der Waals surface area contributed by atoms with E-state index in [1.807, 2.05) is 0 Å². The number of carbonyl (C=O) groups excluding carboxylic acids is 2. The van der Waals surface area contributed by atoms with Crippen molar-refractivity contribution in [1.29, 1.82) is 0 Å². The predicted molar refractivity (Wildman–Crippen MR) is 71.2 cm³/mol. The van der Waals surface area contributed by atoms with Crippen LogP contribution in [0.2, 0.25) is 10.0 Å². The first-order valence-corrected chi connectivity index (χ1v) is 6.14. The number of hydrogen-bond acceptors (Lipinski definition) is 4. The van der Waals surface area contributed by atoms with Gasteiger partial charge in [-0.15, -0.1) is 0 Å². The standard InChI is InChI=1S/C12H13Cl2NO3/c1-2-18-12(17)6-11(16)7-15-10-4-8(13)3-9(14)5-10/h3-5,15H,2,6-7H2,1H3. The summed E-state index contributed by atoms with van der Waals surface area (Å²) in [5.74, 6) is -0.780. The lowest BCUT2D eigenvalue weighted by Gasteiger charge is -2.06. The molecule has 4 nitrogen and oxygen atoms in total. The van der Waals surface area contributed by atoms with Crippen LogP contribution in [0.5, 0.6) is 0 Å². The van der Waals surface area contributed by atoms with Crippen LogP contribution in [0.1, 0.15) is 13.3 Å². The summed E-state index contributed by atoms with van der Waals surface area (Å²) in [5, 5.41) is 3.80. The van der Waals surface area contributed by atoms with Crippen molar-refractivity contribution in [2.45, 2.75) is 13.3 Å². The maximum atomic E-state index is 11.4. The lowest BCUT2D eigenvalue weighted by Crippen LogP contribution is -2.18. The summed E-state index contributed by atoms with van der Waals surface area (Å²) >= 11 is 11.6. The third kappa shape index (κ3) is 5.38. The van der Waals surface area contributed by atoms with E-state index in [1.54, 1.807) is 25.1 Å². The average molecular weight is 290 g/mol. The Balaban J connectivity index is 2.45. The Labute approximate surface area is 115 Å². The van der Waals surface area contributed by atoms with Gasteiger partial charge in [-0.1, -0.05) is 23.2 Å². The normalized spacial score (nSPS) is 9.94. The van der Waals surface area contributed by atoms with Crippen LogP contribution in [-0.2, 0) is 14.3 Å². The van der Waals surface area contributed by atoms with Crippen LogP contribution < -0.4 is 5.32 Å². The number of halogens is 2. The summed E-state index contributed by atoms with van der Waals surface area (Å²) in [7, 11) is 0. The molecule has 0 aliphatic heterocycles. The van der Waals surface area contributed by atoms with E-state index in [4.69, 9.17) is 23.2 Å². The molecule has 0 saturated carbocycles. The SMILES string of the molecule is CCOC(=O)CC(=O)CNc1cc(Cl)cc(Cl)c1. The maximum Gasteiger partial charge on any atom is 0.313 e. The van der Waals surface area contributed by atoms with Crippen LogP contribution >= 0.6 is 23.2 Å². The van der Waals surface area contributed by atoms with Crippen molar-refractivity contribution in [3.05, 3.63) is 28.2 Å². The number of anilines is 1. The molecule has 0 spiro atoms. The van der Waals surface area contributed by atoms with Gasteiger partial charge in [0.15, 0.2) is 5.78 Å². The van der Waals surface area contributed by atoms with Crippen LogP contribution in [0.3, 0.4) is 0 Å². The molecule has 0 bridgehead atoms. The van der Waals surface area contributed by atoms with Crippen LogP contribution in [0, 0.1) is 0 Å². The van der Waals surface area contributed by atoms with E-state index in [9.17, 15) is 9.59 Å². The van der Waals surface area contributed by atoms with Crippen LogP contribution in [-0.4, -0.2) is 24.9 Å². The molecule has 0 saturated heterocycles. The minimum atomic E-state index is -0.520. The molecule has 0 unspecified atom stereocenters. The fourth-order valence-electron chi connectivity index (χ4n) is 1.29. The maximum absolute atomic E-state index is 11.4. The summed E-state index contributed by atoms with van der Waals surface area (Å²) in [5.41, 5.74) is 0.629. The Morgan fingerprint density at radius 3 is 2.39 bits per heavy atom. The van der Waals surface area contributed by atoms with Crippen LogP contribution in [0.25, 0.3) is 0 Å². The lowest BCUT2D eigenvalue weighted by atomic mass is 10.2. The molecular weight excluding hydrogens is 277 g/mol. The largest absolute Gasteiger partial charge is 0.466 e. The molecule has 18 heavy (non-hydrogen) atoms. The highest BCUT2D eigenvalue weighted by molar-refractivity contribution is 6.35. The third-order valence-electron chi connectivity index (χ3n) is 2.00. The zero-order chi connectivity index (χ0) is 13.5. The molecule has 1 rings (SSSR count). The lowest BCUT2D eigenvalue weighted by molar-refractivity contribution is -0.145. The molecule has 0 amide bonds. The monoisotopic (exact) mass is 289 g/mol. The number of carbonyl (C=O) groups is 2. The summed E-state index contributed by atoms with van der Waals surface area (Å²) in [6.45, 7) is 1.98. The van der Waals surface area contributed by atoms with Crippen molar-refractivity contribution >= 4 is 40.6 Å². The van der Waals surface area contributed by atoms with Crippen LogP contribution in [0.15, 0.2) is 18.2 Å². The highest BCUT2D eigenvalue weighted by Gasteiger charge is 2.10. The fraction of sp³-hybridized carbons (Fsp3) is 0.333. The molecule has 1 N–H and O–H groups in total. The van der Waals surface area contributed by atoms with Gasteiger partial charge in [-0.2, -0.15) is 0 Å². The highest BCUT2D eigenvalue weighted by Crippen LogP contribution is 2.22. The van der Waals surface area contributed by atoms with Gasteiger partial charge < -0.3 is 10.1 Å². The van der Waals surface area contributed by atoms with Crippen molar-refractivity contribution in [3.8, 4) is 0 Å². The molecule has 1 aromatic carbocycles. The summed E-state index contributed by atoms with van der Waals surface area (Å²) in [6, 6.07) is 4.88. The van der Waals surface area contributed by atoms with Crippen molar-refractivity contribution in [2.24, 2.45) is 0 Å². The Bertz CT molecular complexity index is 429. The van der Waals surface area contributed by atoms with Gasteiger partial charge in [0, 0.05) is 15.7 Å². The zero-order valence-electron chi connectivity index (χ0n) is 9.83. The first-order chi connectivity index (χ1) is 8.51. The van der Waals surface area contributed by atoms with Crippen molar-refractivity contribution < 1.29 is 14.3 Å². The number of nitrogens with one attached hydrogen (secondary N) is 1. The van der Waals surface area contributed by atoms with Gasteiger partial charge in [0.1, 0.15) is 6.42 Å². The molecule has 0 fully saturated rings. The van der Waals surface area contributed by atoms with E-state index in [-0.39, 0.29) is 25.4 Å². The summed E-state index contributed by atoms with van der Waals surface area (Å²) in [4.78, 5) is 22.5. The van der Waals surface area contributed by atoms with Crippen molar-refractivity contribution in [3.63, 3.8) is 0 Å². The third-order valence-corrected chi connectivity index (χ3v) is 2.44. The van der Waals surface area contributed by atoms with E-state index in [0.717, 1.165) is 0 Å². The molecule has 98 valence electrons. The minimum Gasteiger partial charge on any atom is -0.466 e. The summed E-state index contributed by atoms with van der Waals surface area (Å²) < 4.78 is 4.67. The van der Waals surface area contributed by atoms with Crippen LogP contribution in [0.4, 0.5) is 5.69 Å². The second kappa shape index (κ2) is 7.24. The number of ether oxygens (including phenoxy) is 1. The number of ketones is 1. The smallest absolute Gasteiger partial charge is 0.313 e. The Morgan fingerprint density at radius 1 is 1.22 bits per heavy atom. The second-order valence-electron chi connectivity index (χ2n) is 3.53. The molecule has 6 heteroatoms. The first-order valence-electron chi connectivity index (χ1n) is 5.38. The molecular formula is C12H13Cl2NO3. The van der Waals surface area contributed by atoms with Gasteiger partial charge in [0.25, 0.3) is 0 Å². The average Bonchev–Trinajstić information content (AvgIpc) is 2.25.